The Morgan fingerprint density at radius 2 is 2.10 bits per heavy atom. The van der Waals surface area contributed by atoms with Gasteiger partial charge in [0.25, 0.3) is 5.91 Å². The van der Waals surface area contributed by atoms with Crippen LogP contribution >= 0.6 is 15.9 Å². The number of nitrogens with zero attached hydrogens (tertiary/aromatic N) is 1. The molecule has 0 bridgehead atoms. The maximum atomic E-state index is 13.8. The maximum Gasteiger partial charge on any atom is 0.328 e. The molecule has 1 amide bonds. The van der Waals surface area contributed by atoms with Crippen molar-refractivity contribution in [2.45, 2.75) is 31.8 Å². The number of hydrogen-bond acceptors (Lipinski definition) is 3. The number of benzene rings is 1. The SMILES string of the molecule is COC(=O)C(C)N(C(=O)c1cc(Br)ccc1F)C1CC1. The van der Waals surface area contributed by atoms with Gasteiger partial charge in [-0.15, -0.1) is 0 Å². The molecule has 0 aliphatic heterocycles. The number of esters is 1. The van der Waals surface area contributed by atoms with E-state index < -0.39 is 23.7 Å². The van der Waals surface area contributed by atoms with E-state index in [1.165, 1.54) is 30.2 Å². The molecule has 1 aliphatic carbocycles. The molecule has 0 saturated heterocycles. The molecule has 1 aliphatic rings. The van der Waals surface area contributed by atoms with Gasteiger partial charge in [0.2, 0.25) is 0 Å². The Morgan fingerprint density at radius 1 is 1.45 bits per heavy atom. The zero-order valence-corrected chi connectivity index (χ0v) is 12.8. The first kappa shape index (κ1) is 15.0. The number of ether oxygens (including phenoxy) is 1. The molecular formula is C14H15BrFNO3. The normalized spacial score (nSPS) is 15.6. The smallest absolute Gasteiger partial charge is 0.328 e. The third-order valence-corrected chi connectivity index (χ3v) is 3.79. The van der Waals surface area contributed by atoms with Gasteiger partial charge in [0.15, 0.2) is 0 Å². The van der Waals surface area contributed by atoms with Crippen LogP contribution in [0.2, 0.25) is 0 Å². The predicted octanol–water partition coefficient (Wildman–Crippen LogP) is 2.75. The van der Waals surface area contributed by atoms with Crippen molar-refractivity contribution in [3.63, 3.8) is 0 Å². The van der Waals surface area contributed by atoms with Crippen LogP contribution in [0.5, 0.6) is 0 Å². The van der Waals surface area contributed by atoms with Crippen molar-refractivity contribution in [3.05, 3.63) is 34.1 Å². The van der Waals surface area contributed by atoms with E-state index in [-0.39, 0.29) is 11.6 Å². The molecular weight excluding hydrogens is 329 g/mol. The Hall–Kier alpha value is -1.43. The largest absolute Gasteiger partial charge is 0.467 e. The standard InChI is InChI=1S/C14H15BrFNO3/c1-8(14(19)20-2)17(10-4-5-10)13(18)11-7-9(15)3-6-12(11)16/h3,6-8,10H,4-5H2,1-2H3. The van der Waals surface area contributed by atoms with E-state index >= 15 is 0 Å². The van der Waals surface area contributed by atoms with E-state index in [1.807, 2.05) is 0 Å². The van der Waals surface area contributed by atoms with Gasteiger partial charge in [0.1, 0.15) is 11.9 Å². The van der Waals surface area contributed by atoms with E-state index in [0.29, 0.717) is 4.47 Å². The Kier molecular flexibility index (Phi) is 4.42. The molecule has 6 heteroatoms. The molecule has 20 heavy (non-hydrogen) atoms. The summed E-state index contributed by atoms with van der Waals surface area (Å²) in [5, 5.41) is 0. The molecule has 0 aromatic heterocycles. The molecule has 1 aromatic carbocycles. The Labute approximate surface area is 125 Å². The van der Waals surface area contributed by atoms with E-state index in [0.717, 1.165) is 12.8 Å². The van der Waals surface area contributed by atoms with Crippen LogP contribution in [0, 0.1) is 5.82 Å². The van der Waals surface area contributed by atoms with Crippen LogP contribution in [0.1, 0.15) is 30.1 Å². The van der Waals surface area contributed by atoms with Gasteiger partial charge in [-0.1, -0.05) is 15.9 Å². The minimum atomic E-state index is -0.724. The molecule has 0 N–H and O–H groups in total. The summed E-state index contributed by atoms with van der Waals surface area (Å²) in [6, 6.07) is 3.44. The Morgan fingerprint density at radius 3 is 2.65 bits per heavy atom. The van der Waals surface area contributed by atoms with Gasteiger partial charge in [0, 0.05) is 10.5 Å². The molecule has 0 heterocycles. The minimum absolute atomic E-state index is 0.0185. The average Bonchev–Trinajstić information content (AvgIpc) is 3.25. The fourth-order valence-corrected chi connectivity index (χ4v) is 2.46. The molecule has 108 valence electrons. The van der Waals surface area contributed by atoms with Crippen LogP contribution < -0.4 is 0 Å². The lowest BCUT2D eigenvalue weighted by atomic mass is 10.1. The summed E-state index contributed by atoms with van der Waals surface area (Å²) in [6.45, 7) is 1.60. The molecule has 2 rings (SSSR count). The third kappa shape index (κ3) is 3.00. The summed E-state index contributed by atoms with van der Waals surface area (Å²) < 4.78 is 19.1. The quantitative estimate of drug-likeness (QED) is 0.789. The van der Waals surface area contributed by atoms with Gasteiger partial charge < -0.3 is 9.64 Å². The number of carbonyl (C=O) groups is 2. The highest BCUT2D eigenvalue weighted by molar-refractivity contribution is 9.10. The first-order valence-corrected chi connectivity index (χ1v) is 7.10. The summed E-state index contributed by atoms with van der Waals surface area (Å²) in [5.74, 6) is -1.58. The monoisotopic (exact) mass is 343 g/mol. The first-order chi connectivity index (χ1) is 9.45. The number of amides is 1. The van der Waals surface area contributed by atoms with Crippen molar-refractivity contribution in [1.29, 1.82) is 0 Å². The highest BCUT2D eigenvalue weighted by Gasteiger charge is 2.39. The summed E-state index contributed by atoms with van der Waals surface area (Å²) in [4.78, 5) is 25.6. The molecule has 1 saturated carbocycles. The molecule has 1 aromatic rings. The van der Waals surface area contributed by atoms with Crippen LogP contribution in [-0.2, 0) is 9.53 Å². The number of rotatable bonds is 4. The molecule has 1 fully saturated rings. The van der Waals surface area contributed by atoms with Gasteiger partial charge in [0.05, 0.1) is 12.7 Å². The van der Waals surface area contributed by atoms with Crippen molar-refractivity contribution in [3.8, 4) is 0 Å². The lowest BCUT2D eigenvalue weighted by Gasteiger charge is -2.27. The summed E-state index contributed by atoms with van der Waals surface area (Å²) >= 11 is 3.22. The second-order valence-electron chi connectivity index (χ2n) is 4.77. The molecule has 0 spiro atoms. The van der Waals surface area contributed by atoms with Crippen molar-refractivity contribution >= 4 is 27.8 Å². The molecule has 0 radical (unpaired) electrons. The van der Waals surface area contributed by atoms with E-state index in [2.05, 4.69) is 20.7 Å². The summed E-state index contributed by atoms with van der Waals surface area (Å²) in [5.41, 5.74) is -0.0398. The predicted molar refractivity (Wildman–Crippen MR) is 74.8 cm³/mol. The lowest BCUT2D eigenvalue weighted by Crippen LogP contribution is -2.45. The third-order valence-electron chi connectivity index (χ3n) is 3.29. The minimum Gasteiger partial charge on any atom is -0.467 e. The highest BCUT2D eigenvalue weighted by atomic mass is 79.9. The lowest BCUT2D eigenvalue weighted by molar-refractivity contribution is -0.145. The van der Waals surface area contributed by atoms with E-state index in [4.69, 9.17) is 0 Å². The van der Waals surface area contributed by atoms with Crippen LogP contribution in [0.25, 0.3) is 0 Å². The zero-order valence-electron chi connectivity index (χ0n) is 11.2. The Balaban J connectivity index is 2.32. The topological polar surface area (TPSA) is 46.6 Å². The number of methoxy groups -OCH3 is 1. The van der Waals surface area contributed by atoms with Gasteiger partial charge in [-0.25, -0.2) is 9.18 Å². The zero-order chi connectivity index (χ0) is 14.9. The first-order valence-electron chi connectivity index (χ1n) is 6.31. The van der Waals surface area contributed by atoms with Crippen LogP contribution in [0.3, 0.4) is 0 Å². The number of carbonyl (C=O) groups excluding carboxylic acids is 2. The Bertz CT molecular complexity index is 545. The molecule has 4 nitrogen and oxygen atoms in total. The van der Waals surface area contributed by atoms with Gasteiger partial charge >= 0.3 is 5.97 Å². The molecule has 1 unspecified atom stereocenters. The van der Waals surface area contributed by atoms with Crippen molar-refractivity contribution in [2.75, 3.05) is 7.11 Å². The second-order valence-corrected chi connectivity index (χ2v) is 5.68. The van der Waals surface area contributed by atoms with Gasteiger partial charge in [-0.05, 0) is 38.0 Å². The second kappa shape index (κ2) is 5.91. The van der Waals surface area contributed by atoms with Gasteiger partial charge in [-0.3, -0.25) is 4.79 Å². The van der Waals surface area contributed by atoms with Crippen molar-refractivity contribution < 1.29 is 18.7 Å². The maximum absolute atomic E-state index is 13.8. The molecule has 1 atom stereocenters. The van der Waals surface area contributed by atoms with Crippen LogP contribution in [-0.4, -0.2) is 36.0 Å². The van der Waals surface area contributed by atoms with E-state index in [1.54, 1.807) is 6.92 Å². The van der Waals surface area contributed by atoms with E-state index in [9.17, 15) is 14.0 Å². The van der Waals surface area contributed by atoms with Crippen LogP contribution in [0.15, 0.2) is 22.7 Å². The number of halogens is 2. The average molecular weight is 344 g/mol. The highest BCUT2D eigenvalue weighted by Crippen LogP contribution is 2.31. The summed E-state index contributed by atoms with van der Waals surface area (Å²) in [7, 11) is 1.27. The van der Waals surface area contributed by atoms with Gasteiger partial charge in [-0.2, -0.15) is 0 Å². The fourth-order valence-electron chi connectivity index (χ4n) is 2.10. The van der Waals surface area contributed by atoms with Crippen LogP contribution in [0.4, 0.5) is 4.39 Å². The van der Waals surface area contributed by atoms with Crippen molar-refractivity contribution in [2.24, 2.45) is 0 Å². The summed E-state index contributed by atoms with van der Waals surface area (Å²) in [6.07, 6.45) is 1.64. The fraction of sp³-hybridized carbons (Fsp3) is 0.429. The number of hydrogen-bond donors (Lipinski definition) is 0. The van der Waals surface area contributed by atoms with Crippen molar-refractivity contribution in [1.82, 2.24) is 4.90 Å².